The second-order valence-corrected chi connectivity index (χ2v) is 6.66. The van der Waals surface area contributed by atoms with E-state index >= 15 is 0 Å². The molecule has 0 unspecified atom stereocenters. The van der Waals surface area contributed by atoms with Crippen molar-refractivity contribution in [1.82, 2.24) is 9.55 Å². The van der Waals surface area contributed by atoms with Crippen LogP contribution in [0.25, 0.3) is 10.2 Å². The summed E-state index contributed by atoms with van der Waals surface area (Å²) < 4.78 is 3.86. The molecule has 4 nitrogen and oxygen atoms in total. The maximum absolute atomic E-state index is 11.6. The molecule has 0 saturated carbocycles. The van der Waals surface area contributed by atoms with Gasteiger partial charge < -0.3 is 10.3 Å². The molecule has 3 rings (SSSR count). The highest BCUT2D eigenvalue weighted by Crippen LogP contribution is 2.29. The van der Waals surface area contributed by atoms with Crippen molar-refractivity contribution in [2.24, 2.45) is 0 Å². The maximum atomic E-state index is 11.6. The molecule has 1 aromatic carbocycles. The van der Waals surface area contributed by atoms with E-state index in [1.165, 1.54) is 10.8 Å². The van der Waals surface area contributed by atoms with Gasteiger partial charge in [0.25, 0.3) is 5.56 Å². The van der Waals surface area contributed by atoms with Crippen LogP contribution in [-0.4, -0.2) is 15.3 Å². The SMILES string of the molecule is Nc1ccc(=O)n(CCSc2nc3ccccc3s2)c1. The fourth-order valence-corrected chi connectivity index (χ4v) is 3.95. The topological polar surface area (TPSA) is 60.9 Å². The summed E-state index contributed by atoms with van der Waals surface area (Å²) in [4.78, 5) is 16.2. The molecule has 6 heteroatoms. The lowest BCUT2D eigenvalue weighted by molar-refractivity contribution is 0.737. The number of anilines is 1. The molecular formula is C14H13N3OS2. The van der Waals surface area contributed by atoms with Crippen molar-refractivity contribution in [3.05, 3.63) is 52.9 Å². The number of pyridine rings is 1. The summed E-state index contributed by atoms with van der Waals surface area (Å²) in [5.74, 6) is 0.795. The summed E-state index contributed by atoms with van der Waals surface area (Å²) in [5.41, 5.74) is 7.30. The van der Waals surface area contributed by atoms with Crippen LogP contribution in [-0.2, 0) is 6.54 Å². The Morgan fingerprint density at radius 1 is 1.25 bits per heavy atom. The third-order valence-electron chi connectivity index (χ3n) is 2.84. The maximum Gasteiger partial charge on any atom is 0.250 e. The third kappa shape index (κ3) is 2.86. The van der Waals surface area contributed by atoms with Crippen LogP contribution >= 0.6 is 23.1 Å². The standard InChI is InChI=1S/C14H13N3OS2/c15-10-5-6-13(18)17(9-10)7-8-19-14-16-11-3-1-2-4-12(11)20-14/h1-6,9H,7-8,15H2. The average Bonchev–Trinajstić information content (AvgIpc) is 2.85. The number of benzene rings is 1. The number of nitrogens with zero attached hydrogens (tertiary/aromatic N) is 2. The van der Waals surface area contributed by atoms with Gasteiger partial charge in [0.1, 0.15) is 0 Å². The Morgan fingerprint density at radius 2 is 2.10 bits per heavy atom. The zero-order valence-electron chi connectivity index (χ0n) is 10.7. The molecule has 2 aromatic heterocycles. The van der Waals surface area contributed by atoms with Crippen LogP contribution in [0.15, 0.2) is 51.7 Å². The molecule has 0 aliphatic heterocycles. The van der Waals surface area contributed by atoms with Crippen molar-refractivity contribution in [1.29, 1.82) is 0 Å². The van der Waals surface area contributed by atoms with Gasteiger partial charge in [-0.15, -0.1) is 11.3 Å². The highest BCUT2D eigenvalue weighted by molar-refractivity contribution is 8.01. The molecular weight excluding hydrogens is 290 g/mol. The molecule has 0 aliphatic rings. The predicted octanol–water partition coefficient (Wildman–Crippen LogP) is 2.83. The number of aromatic nitrogens is 2. The molecule has 0 radical (unpaired) electrons. The molecule has 0 fully saturated rings. The van der Waals surface area contributed by atoms with Gasteiger partial charge in [-0.25, -0.2) is 4.98 Å². The fraction of sp³-hybridized carbons (Fsp3) is 0.143. The first-order valence-corrected chi connectivity index (χ1v) is 7.97. The summed E-state index contributed by atoms with van der Waals surface area (Å²) in [6.07, 6.45) is 1.68. The van der Waals surface area contributed by atoms with Crippen LogP contribution < -0.4 is 11.3 Å². The molecule has 0 amide bonds. The number of thiazole rings is 1. The molecule has 2 heterocycles. The molecule has 0 bridgehead atoms. The minimum atomic E-state index is -0.0240. The van der Waals surface area contributed by atoms with Crippen LogP contribution in [0.3, 0.4) is 0 Å². The first-order chi connectivity index (χ1) is 9.72. The summed E-state index contributed by atoms with van der Waals surface area (Å²) in [5, 5.41) is 0. The Balaban J connectivity index is 1.67. The Labute approximate surface area is 124 Å². The number of hydrogen-bond donors (Lipinski definition) is 1. The third-order valence-corrected chi connectivity index (χ3v) is 5.00. The van der Waals surface area contributed by atoms with Crippen LogP contribution in [0.4, 0.5) is 5.69 Å². The number of hydrogen-bond acceptors (Lipinski definition) is 5. The second kappa shape index (κ2) is 5.68. The highest BCUT2D eigenvalue weighted by Gasteiger charge is 2.04. The van der Waals surface area contributed by atoms with Gasteiger partial charge in [-0.05, 0) is 18.2 Å². The summed E-state index contributed by atoms with van der Waals surface area (Å²) in [7, 11) is 0. The lowest BCUT2D eigenvalue weighted by Gasteiger charge is -2.04. The number of aryl methyl sites for hydroxylation is 1. The molecule has 0 aliphatic carbocycles. The largest absolute Gasteiger partial charge is 0.398 e. The molecule has 0 spiro atoms. The van der Waals surface area contributed by atoms with Crippen LogP contribution in [0, 0.1) is 0 Å². The first-order valence-electron chi connectivity index (χ1n) is 6.17. The quantitative estimate of drug-likeness (QED) is 0.753. The minimum absolute atomic E-state index is 0.0240. The molecule has 0 atom stereocenters. The van der Waals surface area contributed by atoms with Gasteiger partial charge >= 0.3 is 0 Å². The van der Waals surface area contributed by atoms with Crippen molar-refractivity contribution in [3.63, 3.8) is 0 Å². The van der Waals surface area contributed by atoms with Crippen molar-refractivity contribution >= 4 is 39.0 Å². The van der Waals surface area contributed by atoms with E-state index in [2.05, 4.69) is 11.1 Å². The van der Waals surface area contributed by atoms with Gasteiger partial charge in [0.2, 0.25) is 0 Å². The van der Waals surface area contributed by atoms with Gasteiger partial charge in [-0.3, -0.25) is 4.79 Å². The van der Waals surface area contributed by atoms with E-state index in [1.807, 2.05) is 18.2 Å². The second-order valence-electron chi connectivity index (χ2n) is 4.29. The van der Waals surface area contributed by atoms with E-state index in [0.717, 1.165) is 15.6 Å². The Bertz CT molecular complexity index is 761. The van der Waals surface area contributed by atoms with E-state index in [0.29, 0.717) is 12.2 Å². The van der Waals surface area contributed by atoms with Gasteiger partial charge in [0.15, 0.2) is 4.34 Å². The zero-order valence-corrected chi connectivity index (χ0v) is 12.3. The Hall–Kier alpha value is -1.79. The number of thioether (sulfide) groups is 1. The summed E-state index contributed by atoms with van der Waals surface area (Å²) in [6.45, 7) is 0.629. The molecule has 3 aromatic rings. The molecule has 102 valence electrons. The van der Waals surface area contributed by atoms with E-state index in [4.69, 9.17) is 5.73 Å². The molecule has 0 saturated heterocycles. The normalized spacial score (nSPS) is 11.0. The number of para-hydroxylation sites is 1. The van der Waals surface area contributed by atoms with Gasteiger partial charge in [-0.1, -0.05) is 23.9 Å². The van der Waals surface area contributed by atoms with Gasteiger partial charge in [0, 0.05) is 30.2 Å². The lowest BCUT2D eigenvalue weighted by atomic mass is 10.3. The molecule has 20 heavy (non-hydrogen) atoms. The Morgan fingerprint density at radius 3 is 2.95 bits per heavy atom. The first kappa shape index (κ1) is 13.2. The van der Waals surface area contributed by atoms with Gasteiger partial charge in [-0.2, -0.15) is 0 Å². The fourth-order valence-electron chi connectivity index (χ4n) is 1.87. The smallest absolute Gasteiger partial charge is 0.250 e. The number of fused-ring (bicyclic) bond motifs is 1. The number of rotatable bonds is 4. The molecule has 2 N–H and O–H groups in total. The van der Waals surface area contributed by atoms with Crippen LogP contribution in [0.2, 0.25) is 0 Å². The number of nitrogen functional groups attached to an aromatic ring is 1. The summed E-state index contributed by atoms with van der Waals surface area (Å²) in [6, 6.07) is 11.2. The van der Waals surface area contributed by atoms with E-state index in [9.17, 15) is 4.79 Å². The minimum Gasteiger partial charge on any atom is -0.398 e. The predicted molar refractivity (Wildman–Crippen MR) is 85.5 cm³/mol. The summed E-state index contributed by atoms with van der Waals surface area (Å²) >= 11 is 3.34. The van der Waals surface area contributed by atoms with E-state index < -0.39 is 0 Å². The van der Waals surface area contributed by atoms with Crippen molar-refractivity contribution in [2.75, 3.05) is 11.5 Å². The van der Waals surface area contributed by atoms with Crippen molar-refractivity contribution < 1.29 is 0 Å². The van der Waals surface area contributed by atoms with Crippen molar-refractivity contribution in [2.45, 2.75) is 10.9 Å². The monoisotopic (exact) mass is 303 g/mol. The lowest BCUT2D eigenvalue weighted by Crippen LogP contribution is -2.19. The Kier molecular flexibility index (Phi) is 3.75. The van der Waals surface area contributed by atoms with E-state index in [1.54, 1.807) is 39.9 Å². The van der Waals surface area contributed by atoms with E-state index in [-0.39, 0.29) is 5.56 Å². The van der Waals surface area contributed by atoms with Gasteiger partial charge in [0.05, 0.1) is 10.2 Å². The highest BCUT2D eigenvalue weighted by atomic mass is 32.2. The van der Waals surface area contributed by atoms with Crippen LogP contribution in [0.1, 0.15) is 0 Å². The number of nitrogens with two attached hydrogens (primary N) is 1. The van der Waals surface area contributed by atoms with Crippen molar-refractivity contribution in [3.8, 4) is 0 Å². The average molecular weight is 303 g/mol. The van der Waals surface area contributed by atoms with Crippen LogP contribution in [0.5, 0.6) is 0 Å². The zero-order chi connectivity index (χ0) is 13.9.